The third-order valence-electron chi connectivity index (χ3n) is 3.55. The van der Waals surface area contributed by atoms with Gasteiger partial charge in [-0.3, -0.25) is 4.79 Å². The highest BCUT2D eigenvalue weighted by molar-refractivity contribution is 9.10. The van der Waals surface area contributed by atoms with Crippen molar-refractivity contribution in [2.45, 2.75) is 38.1 Å². The molecule has 1 fully saturated rings. The van der Waals surface area contributed by atoms with Crippen LogP contribution in [0.2, 0.25) is 5.02 Å². The molecule has 1 amide bonds. The van der Waals surface area contributed by atoms with Gasteiger partial charge in [-0.05, 0) is 59.8 Å². The molecule has 0 radical (unpaired) electrons. The van der Waals surface area contributed by atoms with Crippen LogP contribution in [0.15, 0.2) is 22.7 Å². The molecule has 4 heteroatoms. The zero-order valence-corrected chi connectivity index (χ0v) is 12.1. The molecule has 1 aromatic rings. The summed E-state index contributed by atoms with van der Waals surface area (Å²) in [4.78, 5) is 12.1. The lowest BCUT2D eigenvalue weighted by atomic mass is 9.74. The molecule has 0 bridgehead atoms. The van der Waals surface area contributed by atoms with Crippen molar-refractivity contribution in [3.05, 3.63) is 33.3 Å². The first kappa shape index (κ1) is 12.9. The number of rotatable bonds is 3. The van der Waals surface area contributed by atoms with E-state index in [4.69, 9.17) is 11.6 Å². The van der Waals surface area contributed by atoms with Crippen molar-refractivity contribution >= 4 is 33.4 Å². The Balaban J connectivity index is 2.11. The zero-order valence-electron chi connectivity index (χ0n) is 9.72. The van der Waals surface area contributed by atoms with Crippen LogP contribution >= 0.6 is 27.5 Å². The summed E-state index contributed by atoms with van der Waals surface area (Å²) in [6.07, 6.45) is 4.36. The van der Waals surface area contributed by atoms with Gasteiger partial charge in [-0.2, -0.15) is 0 Å². The fourth-order valence-corrected chi connectivity index (χ4v) is 2.55. The lowest BCUT2D eigenvalue weighted by Gasteiger charge is -2.42. The normalized spacial score (nSPS) is 17.4. The Labute approximate surface area is 115 Å². The summed E-state index contributed by atoms with van der Waals surface area (Å²) >= 11 is 9.30. The third kappa shape index (κ3) is 2.66. The Bertz CT molecular complexity index is 438. The van der Waals surface area contributed by atoms with Crippen molar-refractivity contribution in [2.75, 3.05) is 0 Å². The molecular weight excluding hydrogens is 302 g/mol. The SMILES string of the molecule is CCC1(NC(=O)c2ccc(Br)c(Cl)c2)CCC1. The Morgan fingerprint density at radius 3 is 2.71 bits per heavy atom. The Kier molecular flexibility index (Phi) is 3.79. The molecule has 0 atom stereocenters. The van der Waals surface area contributed by atoms with Crippen LogP contribution in [-0.2, 0) is 0 Å². The van der Waals surface area contributed by atoms with Crippen LogP contribution in [-0.4, -0.2) is 11.4 Å². The smallest absolute Gasteiger partial charge is 0.251 e. The molecule has 1 aliphatic carbocycles. The van der Waals surface area contributed by atoms with Crippen LogP contribution in [0.3, 0.4) is 0 Å². The minimum absolute atomic E-state index is 0.0244. The molecule has 0 heterocycles. The summed E-state index contributed by atoms with van der Waals surface area (Å²) < 4.78 is 0.810. The standard InChI is InChI=1S/C13H15BrClNO/c1-2-13(6-3-7-13)16-12(17)9-4-5-10(14)11(15)8-9/h4-5,8H,2-3,6-7H2,1H3,(H,16,17). The number of halogens is 2. The summed E-state index contributed by atoms with van der Waals surface area (Å²) in [6.45, 7) is 2.12. The maximum Gasteiger partial charge on any atom is 0.251 e. The molecule has 0 saturated heterocycles. The van der Waals surface area contributed by atoms with E-state index in [1.165, 1.54) is 6.42 Å². The van der Waals surface area contributed by atoms with Gasteiger partial charge >= 0.3 is 0 Å². The van der Waals surface area contributed by atoms with E-state index in [1.807, 2.05) is 0 Å². The summed E-state index contributed by atoms with van der Waals surface area (Å²) in [5.41, 5.74) is 0.648. The summed E-state index contributed by atoms with van der Waals surface area (Å²) in [5, 5.41) is 3.70. The number of carbonyl (C=O) groups excluding carboxylic acids is 1. The molecule has 92 valence electrons. The van der Waals surface area contributed by atoms with E-state index < -0.39 is 0 Å². The highest BCUT2D eigenvalue weighted by Gasteiger charge is 2.36. The van der Waals surface area contributed by atoms with E-state index in [9.17, 15) is 4.79 Å². The van der Waals surface area contributed by atoms with Crippen molar-refractivity contribution < 1.29 is 4.79 Å². The van der Waals surface area contributed by atoms with E-state index in [-0.39, 0.29) is 11.4 Å². The molecule has 17 heavy (non-hydrogen) atoms. The highest BCUT2D eigenvalue weighted by Crippen LogP contribution is 2.35. The fraction of sp³-hybridized carbons (Fsp3) is 0.462. The van der Waals surface area contributed by atoms with Crippen molar-refractivity contribution in [1.29, 1.82) is 0 Å². The monoisotopic (exact) mass is 315 g/mol. The van der Waals surface area contributed by atoms with Gasteiger partial charge in [0, 0.05) is 15.6 Å². The highest BCUT2D eigenvalue weighted by atomic mass is 79.9. The summed E-state index contributed by atoms with van der Waals surface area (Å²) in [6, 6.07) is 5.28. The summed E-state index contributed by atoms with van der Waals surface area (Å²) in [5.74, 6) is -0.0269. The molecule has 0 unspecified atom stereocenters. The Hall–Kier alpha value is -0.540. The molecule has 1 N–H and O–H groups in total. The minimum atomic E-state index is -0.0269. The van der Waals surface area contributed by atoms with E-state index in [2.05, 4.69) is 28.2 Å². The van der Waals surface area contributed by atoms with E-state index >= 15 is 0 Å². The Morgan fingerprint density at radius 2 is 2.24 bits per heavy atom. The number of benzene rings is 1. The first-order valence-electron chi connectivity index (χ1n) is 5.84. The number of hydrogen-bond donors (Lipinski definition) is 1. The first-order chi connectivity index (χ1) is 8.06. The summed E-state index contributed by atoms with van der Waals surface area (Å²) in [7, 11) is 0. The van der Waals surface area contributed by atoms with Crippen LogP contribution in [0.5, 0.6) is 0 Å². The maximum absolute atomic E-state index is 12.1. The van der Waals surface area contributed by atoms with Crippen molar-refractivity contribution in [2.24, 2.45) is 0 Å². The van der Waals surface area contributed by atoms with Gasteiger partial charge in [-0.25, -0.2) is 0 Å². The molecule has 2 nitrogen and oxygen atoms in total. The topological polar surface area (TPSA) is 29.1 Å². The first-order valence-corrected chi connectivity index (χ1v) is 7.01. The average Bonchev–Trinajstić information content (AvgIpc) is 2.27. The number of carbonyl (C=O) groups is 1. The number of nitrogens with one attached hydrogen (secondary N) is 1. The third-order valence-corrected chi connectivity index (χ3v) is 4.78. The van der Waals surface area contributed by atoms with E-state index in [0.717, 1.165) is 23.7 Å². The van der Waals surface area contributed by atoms with Crippen molar-refractivity contribution in [1.82, 2.24) is 5.32 Å². The van der Waals surface area contributed by atoms with Gasteiger partial charge < -0.3 is 5.32 Å². The quantitative estimate of drug-likeness (QED) is 0.891. The van der Waals surface area contributed by atoms with Gasteiger partial charge in [0.15, 0.2) is 0 Å². The lowest BCUT2D eigenvalue weighted by Crippen LogP contribution is -2.52. The fourth-order valence-electron chi connectivity index (χ4n) is 2.12. The molecular formula is C13H15BrClNO. The van der Waals surface area contributed by atoms with Gasteiger partial charge in [-0.15, -0.1) is 0 Å². The molecule has 0 spiro atoms. The molecule has 1 aromatic carbocycles. The van der Waals surface area contributed by atoms with Crippen LogP contribution in [0.25, 0.3) is 0 Å². The predicted octanol–water partition coefficient (Wildman–Crippen LogP) is 4.17. The Morgan fingerprint density at radius 1 is 1.53 bits per heavy atom. The second-order valence-electron chi connectivity index (χ2n) is 4.57. The van der Waals surface area contributed by atoms with Gasteiger partial charge in [0.2, 0.25) is 0 Å². The number of amides is 1. The average molecular weight is 317 g/mol. The molecule has 1 saturated carbocycles. The lowest BCUT2D eigenvalue weighted by molar-refractivity contribution is 0.0820. The van der Waals surface area contributed by atoms with Crippen molar-refractivity contribution in [3.63, 3.8) is 0 Å². The minimum Gasteiger partial charge on any atom is -0.347 e. The van der Waals surface area contributed by atoms with Gasteiger partial charge in [0.1, 0.15) is 0 Å². The van der Waals surface area contributed by atoms with Crippen LogP contribution in [0.1, 0.15) is 43.0 Å². The maximum atomic E-state index is 12.1. The zero-order chi connectivity index (χ0) is 12.5. The van der Waals surface area contributed by atoms with Crippen molar-refractivity contribution in [3.8, 4) is 0 Å². The van der Waals surface area contributed by atoms with E-state index in [1.54, 1.807) is 18.2 Å². The van der Waals surface area contributed by atoms with Gasteiger partial charge in [-0.1, -0.05) is 18.5 Å². The van der Waals surface area contributed by atoms with Gasteiger partial charge in [0.25, 0.3) is 5.91 Å². The largest absolute Gasteiger partial charge is 0.347 e. The van der Waals surface area contributed by atoms with Crippen LogP contribution < -0.4 is 5.32 Å². The van der Waals surface area contributed by atoms with Crippen LogP contribution in [0, 0.1) is 0 Å². The second kappa shape index (κ2) is 4.99. The number of hydrogen-bond acceptors (Lipinski definition) is 1. The molecule has 0 aliphatic heterocycles. The second-order valence-corrected chi connectivity index (χ2v) is 5.83. The molecule has 2 rings (SSSR count). The predicted molar refractivity (Wildman–Crippen MR) is 73.5 cm³/mol. The van der Waals surface area contributed by atoms with Crippen LogP contribution in [0.4, 0.5) is 0 Å². The van der Waals surface area contributed by atoms with Gasteiger partial charge in [0.05, 0.1) is 5.02 Å². The molecule has 1 aliphatic rings. The van der Waals surface area contributed by atoms with E-state index in [0.29, 0.717) is 10.6 Å². The molecule has 0 aromatic heterocycles.